The maximum absolute atomic E-state index is 11.5. The Morgan fingerprint density at radius 3 is 2.76 bits per heavy atom. The van der Waals surface area contributed by atoms with Gasteiger partial charge in [-0.3, -0.25) is 4.79 Å². The topological polar surface area (TPSA) is 55.1 Å². The van der Waals surface area contributed by atoms with Gasteiger partial charge in [-0.1, -0.05) is 13.8 Å². The van der Waals surface area contributed by atoms with E-state index in [1.165, 1.54) is 4.88 Å². The molecule has 0 aliphatic rings. The van der Waals surface area contributed by atoms with Crippen molar-refractivity contribution in [2.45, 2.75) is 32.1 Å². The van der Waals surface area contributed by atoms with Crippen molar-refractivity contribution in [1.82, 2.24) is 5.32 Å². The van der Waals surface area contributed by atoms with E-state index in [2.05, 4.69) is 41.2 Å². The van der Waals surface area contributed by atoms with Gasteiger partial charge in [0.05, 0.1) is 3.79 Å². The molecule has 0 radical (unpaired) electrons. The molecule has 5 heteroatoms. The third kappa shape index (κ3) is 4.77. The first-order chi connectivity index (χ1) is 7.95. The third-order valence-corrected chi connectivity index (χ3v) is 4.57. The molecule has 0 saturated carbocycles. The largest absolute Gasteiger partial charge is 0.355 e. The van der Waals surface area contributed by atoms with Crippen LogP contribution in [-0.2, 0) is 10.2 Å². The first-order valence-electron chi connectivity index (χ1n) is 5.68. The van der Waals surface area contributed by atoms with Crippen molar-refractivity contribution in [3.63, 3.8) is 0 Å². The van der Waals surface area contributed by atoms with E-state index in [0.29, 0.717) is 19.5 Å². The molecule has 0 fully saturated rings. The van der Waals surface area contributed by atoms with Crippen molar-refractivity contribution >= 4 is 33.2 Å². The molecular formula is C12H19BrN2OS. The predicted octanol–water partition coefficient (Wildman–Crippen LogP) is 2.64. The molecule has 1 rings (SSSR count). The molecule has 0 spiro atoms. The number of rotatable bonds is 6. The normalized spacial score (nSPS) is 11.5. The number of halogens is 1. The first-order valence-corrected chi connectivity index (χ1v) is 7.29. The monoisotopic (exact) mass is 318 g/mol. The van der Waals surface area contributed by atoms with Crippen LogP contribution in [0.4, 0.5) is 0 Å². The molecular weight excluding hydrogens is 300 g/mol. The molecule has 0 aliphatic heterocycles. The summed E-state index contributed by atoms with van der Waals surface area (Å²) < 4.78 is 1.12. The molecule has 0 unspecified atom stereocenters. The number of nitrogens with one attached hydrogen (secondary N) is 1. The second kappa shape index (κ2) is 6.52. The van der Waals surface area contributed by atoms with Gasteiger partial charge < -0.3 is 11.1 Å². The fourth-order valence-corrected chi connectivity index (χ4v) is 2.92. The van der Waals surface area contributed by atoms with Gasteiger partial charge in [0.15, 0.2) is 0 Å². The Bertz CT molecular complexity index is 376. The molecule has 0 saturated heterocycles. The maximum Gasteiger partial charge on any atom is 0.220 e. The lowest BCUT2D eigenvalue weighted by Gasteiger charge is -2.23. The quantitative estimate of drug-likeness (QED) is 0.847. The number of carbonyl (C=O) groups is 1. The molecule has 96 valence electrons. The van der Waals surface area contributed by atoms with Crippen LogP contribution >= 0.6 is 27.3 Å². The van der Waals surface area contributed by atoms with Crippen molar-refractivity contribution in [1.29, 1.82) is 0 Å². The zero-order valence-corrected chi connectivity index (χ0v) is 12.7. The molecule has 1 amide bonds. The fraction of sp³-hybridized carbons (Fsp3) is 0.583. The van der Waals surface area contributed by atoms with E-state index in [1.54, 1.807) is 11.3 Å². The SMILES string of the molecule is CC(C)(CNC(=O)CCCN)c1ccc(Br)s1. The molecule has 1 aromatic rings. The van der Waals surface area contributed by atoms with Gasteiger partial charge in [0, 0.05) is 23.3 Å². The van der Waals surface area contributed by atoms with Crippen LogP contribution in [-0.4, -0.2) is 19.0 Å². The average molecular weight is 319 g/mol. The van der Waals surface area contributed by atoms with Crippen molar-refractivity contribution in [3.05, 3.63) is 20.8 Å². The number of carbonyl (C=O) groups excluding carboxylic acids is 1. The lowest BCUT2D eigenvalue weighted by molar-refractivity contribution is -0.121. The smallest absolute Gasteiger partial charge is 0.220 e. The van der Waals surface area contributed by atoms with E-state index >= 15 is 0 Å². The minimum atomic E-state index is -0.0327. The molecule has 0 atom stereocenters. The standard InChI is InChI=1S/C12H19BrN2OS/c1-12(2,9-5-6-10(13)17-9)8-15-11(16)4-3-7-14/h5-6H,3-4,7-8,14H2,1-2H3,(H,15,16). The minimum Gasteiger partial charge on any atom is -0.355 e. The highest BCUT2D eigenvalue weighted by Crippen LogP contribution is 2.32. The van der Waals surface area contributed by atoms with Crippen LogP contribution in [0, 0.1) is 0 Å². The van der Waals surface area contributed by atoms with Gasteiger partial charge in [0.2, 0.25) is 5.91 Å². The molecule has 3 N–H and O–H groups in total. The molecule has 0 bridgehead atoms. The summed E-state index contributed by atoms with van der Waals surface area (Å²) in [7, 11) is 0. The molecule has 0 aliphatic carbocycles. The Hall–Kier alpha value is -0.390. The number of hydrogen-bond donors (Lipinski definition) is 2. The van der Waals surface area contributed by atoms with Crippen LogP contribution < -0.4 is 11.1 Å². The Morgan fingerprint density at radius 2 is 2.24 bits per heavy atom. The summed E-state index contributed by atoms with van der Waals surface area (Å²) in [5, 5.41) is 2.96. The molecule has 1 aromatic heterocycles. The first kappa shape index (κ1) is 14.7. The second-order valence-electron chi connectivity index (χ2n) is 4.66. The predicted molar refractivity (Wildman–Crippen MR) is 76.3 cm³/mol. The van der Waals surface area contributed by atoms with Crippen LogP contribution in [0.15, 0.2) is 15.9 Å². The van der Waals surface area contributed by atoms with Gasteiger partial charge >= 0.3 is 0 Å². The van der Waals surface area contributed by atoms with Crippen molar-refractivity contribution in [2.75, 3.05) is 13.1 Å². The summed E-state index contributed by atoms with van der Waals surface area (Å²) in [4.78, 5) is 12.8. The Morgan fingerprint density at radius 1 is 1.53 bits per heavy atom. The van der Waals surface area contributed by atoms with Gasteiger partial charge in [-0.05, 0) is 41.0 Å². The Balaban J connectivity index is 2.47. The highest BCUT2D eigenvalue weighted by Gasteiger charge is 2.23. The average Bonchev–Trinajstić information content (AvgIpc) is 2.71. The second-order valence-corrected chi connectivity index (χ2v) is 7.12. The molecule has 17 heavy (non-hydrogen) atoms. The van der Waals surface area contributed by atoms with Crippen LogP contribution in [0.25, 0.3) is 0 Å². The van der Waals surface area contributed by atoms with Gasteiger partial charge in [0.25, 0.3) is 0 Å². The summed E-state index contributed by atoms with van der Waals surface area (Å²) in [6.45, 7) is 5.49. The Kier molecular flexibility index (Phi) is 5.62. The van der Waals surface area contributed by atoms with E-state index in [4.69, 9.17) is 5.73 Å². The van der Waals surface area contributed by atoms with Gasteiger partial charge in [0.1, 0.15) is 0 Å². The number of nitrogens with two attached hydrogens (primary N) is 1. The molecule has 3 nitrogen and oxygen atoms in total. The summed E-state index contributed by atoms with van der Waals surface area (Å²) >= 11 is 5.17. The third-order valence-electron chi connectivity index (χ3n) is 2.58. The van der Waals surface area contributed by atoms with Crippen molar-refractivity contribution in [3.8, 4) is 0 Å². The van der Waals surface area contributed by atoms with Crippen LogP contribution in [0.3, 0.4) is 0 Å². The van der Waals surface area contributed by atoms with E-state index in [9.17, 15) is 4.79 Å². The van der Waals surface area contributed by atoms with E-state index in [1.807, 2.05) is 6.07 Å². The number of thiophene rings is 1. The maximum atomic E-state index is 11.5. The zero-order chi connectivity index (χ0) is 12.9. The van der Waals surface area contributed by atoms with E-state index in [0.717, 1.165) is 10.2 Å². The van der Waals surface area contributed by atoms with Gasteiger partial charge in [-0.2, -0.15) is 0 Å². The zero-order valence-electron chi connectivity index (χ0n) is 10.3. The summed E-state index contributed by atoms with van der Waals surface area (Å²) in [5.41, 5.74) is 5.34. The fourth-order valence-electron chi connectivity index (χ4n) is 1.44. The van der Waals surface area contributed by atoms with Crippen LogP contribution in [0.2, 0.25) is 0 Å². The summed E-state index contributed by atoms with van der Waals surface area (Å²) in [5.74, 6) is 0.0825. The number of hydrogen-bond acceptors (Lipinski definition) is 3. The highest BCUT2D eigenvalue weighted by atomic mass is 79.9. The lowest BCUT2D eigenvalue weighted by atomic mass is 9.91. The molecule has 1 heterocycles. The lowest BCUT2D eigenvalue weighted by Crippen LogP contribution is -2.36. The Labute approximate surface area is 115 Å². The molecule has 0 aromatic carbocycles. The summed E-state index contributed by atoms with van der Waals surface area (Å²) in [6.07, 6.45) is 1.26. The number of amides is 1. The van der Waals surface area contributed by atoms with E-state index < -0.39 is 0 Å². The highest BCUT2D eigenvalue weighted by molar-refractivity contribution is 9.11. The summed E-state index contributed by atoms with van der Waals surface area (Å²) in [6, 6.07) is 4.14. The van der Waals surface area contributed by atoms with Crippen LogP contribution in [0.1, 0.15) is 31.6 Å². The van der Waals surface area contributed by atoms with Crippen molar-refractivity contribution in [2.24, 2.45) is 5.73 Å². The van der Waals surface area contributed by atoms with Gasteiger partial charge in [-0.25, -0.2) is 0 Å². The van der Waals surface area contributed by atoms with Gasteiger partial charge in [-0.15, -0.1) is 11.3 Å². The van der Waals surface area contributed by atoms with Crippen LogP contribution in [0.5, 0.6) is 0 Å². The minimum absolute atomic E-state index is 0.0327. The van der Waals surface area contributed by atoms with Crippen molar-refractivity contribution < 1.29 is 4.79 Å². The van der Waals surface area contributed by atoms with E-state index in [-0.39, 0.29) is 11.3 Å².